The SMILES string of the molecule is O=C(O)c1sccc1CNc1ccc(Br)cc1F. The lowest BCUT2D eigenvalue weighted by Gasteiger charge is -2.07. The topological polar surface area (TPSA) is 49.3 Å². The smallest absolute Gasteiger partial charge is 0.346 e. The van der Waals surface area contributed by atoms with Gasteiger partial charge in [0.2, 0.25) is 0 Å². The Morgan fingerprint density at radius 1 is 1.44 bits per heavy atom. The zero-order valence-electron chi connectivity index (χ0n) is 9.11. The highest BCUT2D eigenvalue weighted by molar-refractivity contribution is 9.10. The van der Waals surface area contributed by atoms with Crippen molar-refractivity contribution in [2.24, 2.45) is 0 Å². The fourth-order valence-electron chi connectivity index (χ4n) is 1.49. The predicted molar refractivity (Wildman–Crippen MR) is 72.7 cm³/mol. The maximum absolute atomic E-state index is 13.5. The second-order valence-corrected chi connectivity index (χ2v) is 5.39. The molecule has 0 aliphatic heterocycles. The standard InChI is InChI=1S/C12H9BrFNO2S/c13-8-1-2-10(9(14)5-8)15-6-7-3-4-18-11(7)12(16)17/h1-5,15H,6H2,(H,16,17). The van der Waals surface area contributed by atoms with Crippen molar-refractivity contribution in [3.8, 4) is 0 Å². The van der Waals surface area contributed by atoms with Crippen LogP contribution < -0.4 is 5.32 Å². The van der Waals surface area contributed by atoms with Crippen LogP contribution in [-0.2, 0) is 6.54 Å². The third kappa shape index (κ3) is 2.88. The number of thiophene rings is 1. The van der Waals surface area contributed by atoms with Gasteiger partial charge in [-0.05, 0) is 35.2 Å². The molecule has 0 aliphatic rings. The van der Waals surface area contributed by atoms with Gasteiger partial charge in [0.05, 0.1) is 5.69 Å². The summed E-state index contributed by atoms with van der Waals surface area (Å²) in [6.07, 6.45) is 0. The monoisotopic (exact) mass is 329 g/mol. The summed E-state index contributed by atoms with van der Waals surface area (Å²) in [6, 6.07) is 6.40. The number of aromatic carboxylic acids is 1. The summed E-state index contributed by atoms with van der Waals surface area (Å²) in [5.74, 6) is -1.34. The highest BCUT2D eigenvalue weighted by Crippen LogP contribution is 2.22. The number of carboxylic acids is 1. The second kappa shape index (κ2) is 5.49. The summed E-state index contributed by atoms with van der Waals surface area (Å²) in [4.78, 5) is 11.2. The molecule has 1 heterocycles. The number of hydrogen-bond donors (Lipinski definition) is 2. The van der Waals surface area contributed by atoms with E-state index in [1.54, 1.807) is 23.6 Å². The fourth-order valence-corrected chi connectivity index (χ4v) is 2.58. The van der Waals surface area contributed by atoms with Crippen molar-refractivity contribution < 1.29 is 14.3 Å². The van der Waals surface area contributed by atoms with Gasteiger partial charge in [0.25, 0.3) is 0 Å². The maximum atomic E-state index is 13.5. The summed E-state index contributed by atoms with van der Waals surface area (Å²) < 4.78 is 14.2. The van der Waals surface area contributed by atoms with Gasteiger partial charge in [-0.1, -0.05) is 15.9 Å². The zero-order chi connectivity index (χ0) is 13.1. The molecule has 0 bridgehead atoms. The summed E-state index contributed by atoms with van der Waals surface area (Å²) >= 11 is 4.33. The molecule has 18 heavy (non-hydrogen) atoms. The van der Waals surface area contributed by atoms with Gasteiger partial charge in [0.15, 0.2) is 0 Å². The number of benzene rings is 1. The molecule has 2 rings (SSSR count). The third-order valence-corrected chi connectivity index (χ3v) is 3.78. The molecule has 0 radical (unpaired) electrons. The lowest BCUT2D eigenvalue weighted by atomic mass is 10.2. The van der Waals surface area contributed by atoms with Crippen molar-refractivity contribution in [3.63, 3.8) is 0 Å². The first kappa shape index (κ1) is 13.0. The number of anilines is 1. The molecule has 0 saturated carbocycles. The van der Waals surface area contributed by atoms with Gasteiger partial charge < -0.3 is 10.4 Å². The Kier molecular flexibility index (Phi) is 3.98. The molecular weight excluding hydrogens is 321 g/mol. The summed E-state index contributed by atoms with van der Waals surface area (Å²) in [6.45, 7) is 0.281. The number of carboxylic acid groups (broad SMARTS) is 1. The first-order valence-corrected chi connectivity index (χ1v) is 6.74. The van der Waals surface area contributed by atoms with Gasteiger partial charge in [0.1, 0.15) is 10.7 Å². The van der Waals surface area contributed by atoms with Crippen molar-refractivity contribution in [1.29, 1.82) is 0 Å². The molecule has 1 aromatic heterocycles. The average Bonchev–Trinajstić information content (AvgIpc) is 2.76. The molecule has 0 fully saturated rings. The lowest BCUT2D eigenvalue weighted by molar-refractivity contribution is 0.0701. The summed E-state index contributed by atoms with van der Waals surface area (Å²) in [7, 11) is 0. The minimum absolute atomic E-state index is 0.278. The second-order valence-electron chi connectivity index (χ2n) is 3.56. The predicted octanol–water partition coefficient (Wildman–Crippen LogP) is 3.96. The van der Waals surface area contributed by atoms with Gasteiger partial charge in [-0.3, -0.25) is 0 Å². The van der Waals surface area contributed by atoms with Crippen molar-refractivity contribution in [3.05, 3.63) is 50.4 Å². The summed E-state index contributed by atoms with van der Waals surface area (Å²) in [5, 5.41) is 13.5. The van der Waals surface area contributed by atoms with E-state index < -0.39 is 5.97 Å². The highest BCUT2D eigenvalue weighted by Gasteiger charge is 2.11. The van der Waals surface area contributed by atoms with E-state index in [1.807, 2.05) is 0 Å². The molecule has 0 atom stereocenters. The van der Waals surface area contributed by atoms with E-state index in [0.29, 0.717) is 15.7 Å². The molecule has 0 unspecified atom stereocenters. The van der Waals surface area contributed by atoms with Crippen LogP contribution >= 0.6 is 27.3 Å². The Labute approximate surface area is 115 Å². The molecule has 6 heteroatoms. The average molecular weight is 330 g/mol. The molecule has 0 amide bonds. The Hall–Kier alpha value is -1.40. The van der Waals surface area contributed by atoms with Gasteiger partial charge >= 0.3 is 5.97 Å². The Morgan fingerprint density at radius 3 is 2.89 bits per heavy atom. The number of halogens is 2. The fraction of sp³-hybridized carbons (Fsp3) is 0.0833. The van der Waals surface area contributed by atoms with E-state index in [4.69, 9.17) is 5.11 Å². The minimum Gasteiger partial charge on any atom is -0.477 e. The van der Waals surface area contributed by atoms with Crippen LogP contribution in [-0.4, -0.2) is 11.1 Å². The van der Waals surface area contributed by atoms with Crippen molar-refractivity contribution in [2.75, 3.05) is 5.32 Å². The molecule has 0 saturated heterocycles. The quantitative estimate of drug-likeness (QED) is 0.892. The summed E-state index contributed by atoms with van der Waals surface area (Å²) in [5.41, 5.74) is 0.996. The van der Waals surface area contributed by atoms with Crippen LogP contribution in [0, 0.1) is 5.82 Å². The van der Waals surface area contributed by atoms with Crippen LogP contribution in [0.15, 0.2) is 34.1 Å². The van der Waals surface area contributed by atoms with Gasteiger partial charge in [-0.15, -0.1) is 11.3 Å². The molecule has 94 valence electrons. The van der Waals surface area contributed by atoms with Crippen LogP contribution in [0.3, 0.4) is 0 Å². The van der Waals surface area contributed by atoms with Crippen molar-refractivity contribution >= 4 is 38.9 Å². The van der Waals surface area contributed by atoms with Gasteiger partial charge in [0, 0.05) is 11.0 Å². The zero-order valence-corrected chi connectivity index (χ0v) is 11.5. The normalized spacial score (nSPS) is 10.3. The van der Waals surface area contributed by atoms with Crippen LogP contribution in [0.1, 0.15) is 15.2 Å². The maximum Gasteiger partial charge on any atom is 0.346 e. The lowest BCUT2D eigenvalue weighted by Crippen LogP contribution is -2.05. The van der Waals surface area contributed by atoms with E-state index in [-0.39, 0.29) is 17.2 Å². The number of rotatable bonds is 4. The molecule has 2 N–H and O–H groups in total. The van der Waals surface area contributed by atoms with Crippen molar-refractivity contribution in [2.45, 2.75) is 6.54 Å². The van der Waals surface area contributed by atoms with E-state index in [9.17, 15) is 9.18 Å². The first-order valence-electron chi connectivity index (χ1n) is 5.06. The molecular formula is C12H9BrFNO2S. The van der Waals surface area contributed by atoms with Crippen molar-refractivity contribution in [1.82, 2.24) is 0 Å². The van der Waals surface area contributed by atoms with E-state index in [2.05, 4.69) is 21.2 Å². The van der Waals surface area contributed by atoms with Gasteiger partial charge in [-0.25, -0.2) is 9.18 Å². The molecule has 3 nitrogen and oxygen atoms in total. The molecule has 2 aromatic rings. The Morgan fingerprint density at radius 2 is 2.22 bits per heavy atom. The number of nitrogens with one attached hydrogen (secondary N) is 1. The van der Waals surface area contributed by atoms with Crippen LogP contribution in [0.5, 0.6) is 0 Å². The van der Waals surface area contributed by atoms with Crippen LogP contribution in [0.2, 0.25) is 0 Å². The molecule has 0 spiro atoms. The van der Waals surface area contributed by atoms with Crippen LogP contribution in [0.25, 0.3) is 0 Å². The molecule has 1 aromatic carbocycles. The molecule has 0 aliphatic carbocycles. The minimum atomic E-state index is -0.960. The Bertz CT molecular complexity index is 585. The van der Waals surface area contributed by atoms with Gasteiger partial charge in [-0.2, -0.15) is 0 Å². The van der Waals surface area contributed by atoms with E-state index in [0.717, 1.165) is 11.3 Å². The van der Waals surface area contributed by atoms with Crippen LogP contribution in [0.4, 0.5) is 10.1 Å². The van der Waals surface area contributed by atoms with E-state index >= 15 is 0 Å². The number of carbonyl (C=O) groups is 1. The first-order chi connectivity index (χ1) is 8.58. The third-order valence-electron chi connectivity index (χ3n) is 2.34. The van der Waals surface area contributed by atoms with E-state index in [1.165, 1.54) is 6.07 Å². The number of hydrogen-bond acceptors (Lipinski definition) is 3. The Balaban J connectivity index is 2.11. The largest absolute Gasteiger partial charge is 0.477 e. The highest BCUT2D eigenvalue weighted by atomic mass is 79.9.